The summed E-state index contributed by atoms with van der Waals surface area (Å²) < 4.78 is 45.6. The molecule has 0 saturated carbocycles. The third kappa shape index (κ3) is 3.88. The van der Waals surface area contributed by atoms with Crippen LogP contribution in [-0.2, 0) is 6.61 Å². The number of nitrogens with one attached hydrogen (secondary N) is 1. The maximum Gasteiger partial charge on any atom is 0.346 e. The van der Waals surface area contributed by atoms with Gasteiger partial charge in [-0.05, 0) is 12.1 Å². The van der Waals surface area contributed by atoms with E-state index in [2.05, 4.69) is 4.98 Å². The van der Waals surface area contributed by atoms with Gasteiger partial charge in [-0.3, -0.25) is 4.79 Å². The Labute approximate surface area is 193 Å². The van der Waals surface area contributed by atoms with Gasteiger partial charge in [0, 0.05) is 17.5 Å². The number of nitrogens with zero attached hydrogens (tertiary/aromatic N) is 1. The lowest BCUT2D eigenvalue weighted by Gasteiger charge is -2.15. The summed E-state index contributed by atoms with van der Waals surface area (Å²) in [6.45, 7) is -0.338. The predicted octanol–water partition coefficient (Wildman–Crippen LogP) is 3.31. The van der Waals surface area contributed by atoms with Crippen LogP contribution in [0.4, 0.5) is 8.78 Å². The minimum atomic E-state index is -1.37. The molecule has 0 unspecified atom stereocenters. The number of methoxy groups -OCH3 is 2. The van der Waals surface area contributed by atoms with Crippen LogP contribution < -0.4 is 25.5 Å². The van der Waals surface area contributed by atoms with Crippen molar-refractivity contribution in [2.24, 2.45) is 0 Å². The zero-order valence-electron chi connectivity index (χ0n) is 17.7. The number of hydrogen-bond acceptors (Lipinski definition) is 7. The van der Waals surface area contributed by atoms with Crippen LogP contribution in [0.3, 0.4) is 0 Å². The molecule has 0 fully saturated rings. The van der Waals surface area contributed by atoms with Gasteiger partial charge >= 0.3 is 11.7 Å². The highest BCUT2D eigenvalue weighted by atomic mass is 32.1. The largest absolute Gasteiger partial charge is 0.496 e. The van der Waals surface area contributed by atoms with Crippen LogP contribution in [0.25, 0.3) is 16.6 Å². The Balaban J connectivity index is 1.85. The topological polar surface area (TPSA) is 120 Å². The van der Waals surface area contributed by atoms with Crippen molar-refractivity contribution in [2.75, 3.05) is 14.2 Å². The molecule has 2 aromatic carbocycles. The molecule has 176 valence electrons. The molecule has 4 aromatic rings. The Morgan fingerprint density at radius 2 is 1.82 bits per heavy atom. The van der Waals surface area contributed by atoms with Crippen molar-refractivity contribution in [1.29, 1.82) is 0 Å². The standard InChI is InChI=1S/C22H16F2N2O7S/c1-31-15-5-3-4-11(23)10(15)8-33-17-7-14(12(24)6-16(17)32-2)26-20(27)18-13(25-22(26)30)9-34-19(18)21(28)29/h3-7,9H,8H2,1-2H3,(H,25,30)(H,28,29). The third-order valence-electron chi connectivity index (χ3n) is 4.99. The minimum Gasteiger partial charge on any atom is -0.496 e. The number of ether oxygens (including phenoxy) is 3. The fourth-order valence-electron chi connectivity index (χ4n) is 3.40. The molecule has 0 spiro atoms. The molecule has 9 nitrogen and oxygen atoms in total. The summed E-state index contributed by atoms with van der Waals surface area (Å²) in [5, 5.41) is 10.4. The van der Waals surface area contributed by atoms with Crippen LogP contribution in [0, 0.1) is 11.6 Å². The van der Waals surface area contributed by atoms with Crippen molar-refractivity contribution in [3.05, 3.63) is 78.6 Å². The first kappa shape index (κ1) is 23.0. The number of aromatic nitrogens is 2. The molecule has 2 heterocycles. The number of carboxylic acid groups (broad SMARTS) is 1. The van der Waals surface area contributed by atoms with E-state index in [1.807, 2.05) is 0 Å². The van der Waals surface area contributed by atoms with E-state index in [9.17, 15) is 28.3 Å². The summed E-state index contributed by atoms with van der Waals surface area (Å²) in [6, 6.07) is 6.13. The number of aromatic amines is 1. The van der Waals surface area contributed by atoms with Crippen molar-refractivity contribution in [3.8, 4) is 22.9 Å². The van der Waals surface area contributed by atoms with Gasteiger partial charge in [0.1, 0.15) is 23.1 Å². The van der Waals surface area contributed by atoms with E-state index in [4.69, 9.17) is 14.2 Å². The maximum absolute atomic E-state index is 15.0. The maximum atomic E-state index is 15.0. The molecule has 0 radical (unpaired) electrons. The lowest BCUT2D eigenvalue weighted by Crippen LogP contribution is -2.34. The average molecular weight is 490 g/mol. The lowest BCUT2D eigenvalue weighted by atomic mass is 10.2. The average Bonchev–Trinajstić information content (AvgIpc) is 3.23. The molecular weight excluding hydrogens is 474 g/mol. The molecule has 0 atom stereocenters. The van der Waals surface area contributed by atoms with Gasteiger partial charge in [-0.2, -0.15) is 0 Å². The molecular formula is C22H16F2N2O7S. The smallest absolute Gasteiger partial charge is 0.346 e. The molecule has 4 rings (SSSR count). The molecule has 12 heteroatoms. The Morgan fingerprint density at radius 3 is 2.50 bits per heavy atom. The minimum absolute atomic E-state index is 0.0192. The highest BCUT2D eigenvalue weighted by Gasteiger charge is 2.22. The zero-order chi connectivity index (χ0) is 24.6. The predicted molar refractivity (Wildman–Crippen MR) is 119 cm³/mol. The second-order valence-corrected chi connectivity index (χ2v) is 7.77. The van der Waals surface area contributed by atoms with Crippen molar-refractivity contribution in [1.82, 2.24) is 9.55 Å². The van der Waals surface area contributed by atoms with E-state index < -0.39 is 34.5 Å². The SMILES string of the molecule is COc1cc(F)c(-n2c(=O)[nH]c3csc(C(=O)O)c3c2=O)cc1OCc1c(F)cccc1OC. The van der Waals surface area contributed by atoms with Gasteiger partial charge in [-0.15, -0.1) is 11.3 Å². The number of H-pyrrole nitrogens is 1. The normalized spacial score (nSPS) is 10.9. The second-order valence-electron chi connectivity index (χ2n) is 6.89. The van der Waals surface area contributed by atoms with Crippen LogP contribution in [0.2, 0.25) is 0 Å². The number of benzene rings is 2. The number of thiophene rings is 1. The van der Waals surface area contributed by atoms with E-state index in [1.165, 1.54) is 37.8 Å². The van der Waals surface area contributed by atoms with Gasteiger partial charge < -0.3 is 24.3 Å². The molecule has 0 aliphatic rings. The fourth-order valence-corrected chi connectivity index (χ4v) is 4.23. The van der Waals surface area contributed by atoms with Crippen LogP contribution in [0.5, 0.6) is 17.2 Å². The molecule has 0 aliphatic carbocycles. The molecule has 34 heavy (non-hydrogen) atoms. The van der Waals surface area contributed by atoms with E-state index in [0.29, 0.717) is 4.57 Å². The molecule has 0 bridgehead atoms. The number of rotatable bonds is 7. The Kier molecular flexibility index (Phi) is 6.07. The Hall–Kier alpha value is -4.19. The first-order valence-corrected chi connectivity index (χ1v) is 10.5. The van der Waals surface area contributed by atoms with Gasteiger partial charge in [0.2, 0.25) is 0 Å². The van der Waals surface area contributed by atoms with Gasteiger partial charge in [0.05, 0.1) is 36.4 Å². The van der Waals surface area contributed by atoms with Crippen LogP contribution >= 0.6 is 11.3 Å². The Morgan fingerprint density at radius 1 is 1.09 bits per heavy atom. The van der Waals surface area contributed by atoms with Crippen molar-refractivity contribution in [2.45, 2.75) is 6.61 Å². The van der Waals surface area contributed by atoms with E-state index in [1.54, 1.807) is 0 Å². The molecule has 0 aliphatic heterocycles. The molecule has 0 amide bonds. The number of halogens is 2. The first-order valence-electron chi connectivity index (χ1n) is 9.58. The highest BCUT2D eigenvalue weighted by molar-refractivity contribution is 7.13. The van der Waals surface area contributed by atoms with Crippen LogP contribution in [0.1, 0.15) is 15.2 Å². The van der Waals surface area contributed by atoms with Crippen molar-refractivity contribution >= 4 is 28.2 Å². The molecule has 2 aromatic heterocycles. The number of fused-ring (bicyclic) bond motifs is 1. The van der Waals surface area contributed by atoms with Gasteiger partial charge in [-0.25, -0.2) is 22.9 Å². The summed E-state index contributed by atoms with van der Waals surface area (Å²) in [5.41, 5.74) is -2.42. The first-order chi connectivity index (χ1) is 16.3. The van der Waals surface area contributed by atoms with E-state index >= 15 is 0 Å². The number of carboxylic acids is 1. The second kappa shape index (κ2) is 8.98. The molecule has 0 saturated heterocycles. The zero-order valence-corrected chi connectivity index (χ0v) is 18.5. The van der Waals surface area contributed by atoms with E-state index in [0.717, 1.165) is 23.5 Å². The number of carbonyl (C=O) groups is 1. The summed E-state index contributed by atoms with van der Waals surface area (Å²) in [7, 11) is 2.61. The van der Waals surface area contributed by atoms with Crippen LogP contribution in [0.15, 0.2) is 45.3 Å². The van der Waals surface area contributed by atoms with Gasteiger partial charge in [-0.1, -0.05) is 6.07 Å². The fraction of sp³-hybridized carbons (Fsp3) is 0.136. The lowest BCUT2D eigenvalue weighted by molar-refractivity contribution is 0.0704. The van der Waals surface area contributed by atoms with Crippen LogP contribution in [-0.4, -0.2) is 34.8 Å². The van der Waals surface area contributed by atoms with Crippen molar-refractivity contribution in [3.63, 3.8) is 0 Å². The quantitative estimate of drug-likeness (QED) is 0.408. The third-order valence-corrected chi connectivity index (χ3v) is 5.96. The summed E-state index contributed by atoms with van der Waals surface area (Å²) in [6.07, 6.45) is 0. The number of hydrogen-bond donors (Lipinski definition) is 2. The Bertz CT molecular complexity index is 1540. The molecule has 2 N–H and O–H groups in total. The highest BCUT2D eigenvalue weighted by Crippen LogP contribution is 2.33. The number of aromatic carboxylic acids is 1. The summed E-state index contributed by atoms with van der Waals surface area (Å²) in [5.74, 6) is -2.93. The van der Waals surface area contributed by atoms with Gasteiger partial charge in [0.15, 0.2) is 17.3 Å². The summed E-state index contributed by atoms with van der Waals surface area (Å²) in [4.78, 5) is 39.2. The summed E-state index contributed by atoms with van der Waals surface area (Å²) >= 11 is 0.753. The monoisotopic (exact) mass is 490 g/mol. The van der Waals surface area contributed by atoms with Gasteiger partial charge in [0.25, 0.3) is 5.56 Å². The van der Waals surface area contributed by atoms with Crippen molar-refractivity contribution < 1.29 is 32.9 Å². The van der Waals surface area contributed by atoms with E-state index in [-0.39, 0.29) is 45.2 Å².